The van der Waals surface area contributed by atoms with E-state index in [9.17, 15) is 4.79 Å². The van der Waals surface area contributed by atoms with Crippen molar-refractivity contribution < 1.29 is 18.7 Å². The lowest BCUT2D eigenvalue weighted by Gasteiger charge is -2.08. The Morgan fingerprint density at radius 1 is 1.26 bits per heavy atom. The van der Waals surface area contributed by atoms with Gasteiger partial charge in [-0.25, -0.2) is 0 Å². The van der Waals surface area contributed by atoms with Crippen LogP contribution in [0.2, 0.25) is 0 Å². The second kappa shape index (κ2) is 9.00. The van der Waals surface area contributed by atoms with Gasteiger partial charge in [0.25, 0.3) is 5.91 Å². The molecule has 23 heavy (non-hydrogen) atoms. The van der Waals surface area contributed by atoms with E-state index in [4.69, 9.17) is 13.9 Å². The summed E-state index contributed by atoms with van der Waals surface area (Å²) in [6.07, 6.45) is 2.13. The molecule has 1 heterocycles. The van der Waals surface area contributed by atoms with Crippen molar-refractivity contribution in [3.05, 3.63) is 53.5 Å². The normalized spacial score (nSPS) is 10.5. The van der Waals surface area contributed by atoms with Crippen molar-refractivity contribution in [2.75, 3.05) is 13.7 Å². The summed E-state index contributed by atoms with van der Waals surface area (Å²) in [5.41, 5.74) is 0.982. The fraction of sp³-hybridized carbons (Fsp3) is 0.389. The summed E-state index contributed by atoms with van der Waals surface area (Å²) in [6, 6.07) is 11.1. The van der Waals surface area contributed by atoms with E-state index in [0.717, 1.165) is 24.2 Å². The van der Waals surface area contributed by atoms with E-state index in [0.29, 0.717) is 25.5 Å². The molecule has 1 aromatic heterocycles. The van der Waals surface area contributed by atoms with Crippen molar-refractivity contribution in [1.82, 2.24) is 5.32 Å². The summed E-state index contributed by atoms with van der Waals surface area (Å²) in [5.74, 6) is 1.49. The number of hydrogen-bond donors (Lipinski definition) is 1. The monoisotopic (exact) mass is 317 g/mol. The first-order chi connectivity index (χ1) is 11.2. The Bertz CT molecular complexity index is 621. The molecule has 5 heteroatoms. The number of carbonyl (C=O) groups excluding carboxylic acids is 1. The zero-order valence-electron chi connectivity index (χ0n) is 13.6. The molecule has 2 rings (SSSR count). The highest BCUT2D eigenvalue weighted by atomic mass is 16.5. The minimum Gasteiger partial charge on any atom is -0.494 e. The van der Waals surface area contributed by atoms with Gasteiger partial charge in [0.2, 0.25) is 0 Å². The fourth-order valence-electron chi connectivity index (χ4n) is 2.07. The van der Waals surface area contributed by atoms with Crippen LogP contribution < -0.4 is 10.1 Å². The molecule has 0 aliphatic carbocycles. The number of amides is 1. The topological polar surface area (TPSA) is 60.7 Å². The molecule has 0 fully saturated rings. The van der Waals surface area contributed by atoms with Gasteiger partial charge in [0, 0.05) is 13.7 Å². The zero-order valence-corrected chi connectivity index (χ0v) is 13.6. The lowest BCUT2D eigenvalue weighted by atomic mass is 10.2. The fourth-order valence-corrected chi connectivity index (χ4v) is 2.07. The maximum absolute atomic E-state index is 12.1. The third kappa shape index (κ3) is 5.45. The molecule has 1 N–H and O–H groups in total. The molecule has 0 aliphatic heterocycles. The highest BCUT2D eigenvalue weighted by Crippen LogP contribution is 2.14. The number of hydrogen-bond acceptors (Lipinski definition) is 4. The van der Waals surface area contributed by atoms with Crippen LogP contribution in [0.1, 0.15) is 41.6 Å². The smallest absolute Gasteiger partial charge is 0.287 e. The molecule has 0 bridgehead atoms. The molecule has 0 spiro atoms. The highest BCUT2D eigenvalue weighted by molar-refractivity contribution is 5.91. The predicted octanol–water partition coefficient (Wildman–Crippen LogP) is 3.53. The number of ether oxygens (including phenoxy) is 2. The molecule has 0 aliphatic rings. The standard InChI is InChI=1S/C18H23NO4/c1-3-4-10-22-15-7-5-6-14(11-15)12-19-18(20)17-9-8-16(23-17)13-21-2/h5-9,11H,3-4,10,12-13H2,1-2H3,(H,19,20). The van der Waals surface area contributed by atoms with Crippen LogP contribution in [0.25, 0.3) is 0 Å². The van der Waals surface area contributed by atoms with Crippen LogP contribution in [-0.2, 0) is 17.9 Å². The number of methoxy groups -OCH3 is 1. The van der Waals surface area contributed by atoms with Crippen LogP contribution in [0.15, 0.2) is 40.8 Å². The first kappa shape index (κ1) is 17.1. The van der Waals surface area contributed by atoms with Gasteiger partial charge in [-0.2, -0.15) is 0 Å². The Labute approximate surface area is 136 Å². The van der Waals surface area contributed by atoms with Crippen molar-refractivity contribution in [3.63, 3.8) is 0 Å². The largest absolute Gasteiger partial charge is 0.494 e. The molecule has 1 aromatic carbocycles. The van der Waals surface area contributed by atoms with Crippen molar-refractivity contribution >= 4 is 5.91 Å². The van der Waals surface area contributed by atoms with E-state index >= 15 is 0 Å². The van der Waals surface area contributed by atoms with Gasteiger partial charge in [-0.15, -0.1) is 0 Å². The van der Waals surface area contributed by atoms with Crippen LogP contribution in [-0.4, -0.2) is 19.6 Å². The Morgan fingerprint density at radius 2 is 2.13 bits per heavy atom. The van der Waals surface area contributed by atoms with Crippen molar-refractivity contribution in [2.24, 2.45) is 0 Å². The van der Waals surface area contributed by atoms with E-state index in [1.807, 2.05) is 24.3 Å². The van der Waals surface area contributed by atoms with Crippen LogP contribution >= 0.6 is 0 Å². The Kier molecular flexibility index (Phi) is 6.69. The third-order valence-electron chi connectivity index (χ3n) is 3.29. The molecule has 2 aromatic rings. The third-order valence-corrected chi connectivity index (χ3v) is 3.29. The van der Waals surface area contributed by atoms with Crippen LogP contribution in [0.5, 0.6) is 5.75 Å². The molecule has 124 valence electrons. The van der Waals surface area contributed by atoms with Gasteiger partial charge in [-0.1, -0.05) is 25.5 Å². The average Bonchev–Trinajstić information content (AvgIpc) is 3.02. The van der Waals surface area contributed by atoms with Gasteiger partial charge >= 0.3 is 0 Å². The molecular weight excluding hydrogens is 294 g/mol. The molecule has 0 radical (unpaired) electrons. The van der Waals surface area contributed by atoms with E-state index in [-0.39, 0.29) is 11.7 Å². The number of carbonyl (C=O) groups is 1. The highest BCUT2D eigenvalue weighted by Gasteiger charge is 2.10. The Morgan fingerprint density at radius 3 is 2.91 bits per heavy atom. The average molecular weight is 317 g/mol. The number of unbranched alkanes of at least 4 members (excludes halogenated alkanes) is 1. The molecule has 0 atom stereocenters. The molecule has 1 amide bonds. The minimum atomic E-state index is -0.246. The van der Waals surface area contributed by atoms with Crippen LogP contribution in [0.3, 0.4) is 0 Å². The number of nitrogens with one attached hydrogen (secondary N) is 1. The summed E-state index contributed by atoms with van der Waals surface area (Å²) in [4.78, 5) is 12.1. The van der Waals surface area contributed by atoms with Crippen LogP contribution in [0, 0.1) is 0 Å². The summed E-state index contributed by atoms with van der Waals surface area (Å²) >= 11 is 0. The predicted molar refractivity (Wildman–Crippen MR) is 87.4 cm³/mol. The van der Waals surface area contributed by atoms with Crippen LogP contribution in [0.4, 0.5) is 0 Å². The second-order valence-corrected chi connectivity index (χ2v) is 5.23. The SMILES string of the molecule is CCCCOc1cccc(CNC(=O)c2ccc(COC)o2)c1. The summed E-state index contributed by atoms with van der Waals surface area (Å²) in [5, 5.41) is 2.84. The summed E-state index contributed by atoms with van der Waals surface area (Å²) in [6.45, 7) is 3.61. The van der Waals surface area contributed by atoms with Gasteiger partial charge in [0.05, 0.1) is 6.61 Å². The minimum absolute atomic E-state index is 0.246. The van der Waals surface area contributed by atoms with Crippen molar-refractivity contribution in [2.45, 2.75) is 32.9 Å². The number of rotatable bonds is 9. The molecule has 5 nitrogen and oxygen atoms in total. The number of benzene rings is 1. The summed E-state index contributed by atoms with van der Waals surface area (Å²) < 4.78 is 16.0. The Hall–Kier alpha value is -2.27. The van der Waals surface area contributed by atoms with E-state index in [1.54, 1.807) is 19.2 Å². The van der Waals surface area contributed by atoms with E-state index in [2.05, 4.69) is 12.2 Å². The van der Waals surface area contributed by atoms with Gasteiger partial charge in [0.15, 0.2) is 5.76 Å². The molecule has 0 unspecified atom stereocenters. The van der Waals surface area contributed by atoms with Crippen molar-refractivity contribution in [1.29, 1.82) is 0 Å². The van der Waals surface area contributed by atoms with Gasteiger partial charge in [0.1, 0.15) is 18.1 Å². The van der Waals surface area contributed by atoms with Gasteiger partial charge in [-0.3, -0.25) is 4.79 Å². The molecular formula is C18H23NO4. The Balaban J connectivity index is 1.86. The lowest BCUT2D eigenvalue weighted by Crippen LogP contribution is -2.22. The van der Waals surface area contributed by atoms with Gasteiger partial charge in [-0.05, 0) is 36.2 Å². The zero-order chi connectivity index (χ0) is 16.5. The maximum Gasteiger partial charge on any atom is 0.287 e. The summed E-state index contributed by atoms with van der Waals surface area (Å²) in [7, 11) is 1.58. The maximum atomic E-state index is 12.1. The first-order valence-corrected chi connectivity index (χ1v) is 7.80. The second-order valence-electron chi connectivity index (χ2n) is 5.23. The van der Waals surface area contributed by atoms with E-state index < -0.39 is 0 Å². The van der Waals surface area contributed by atoms with Crippen molar-refractivity contribution in [3.8, 4) is 5.75 Å². The lowest BCUT2D eigenvalue weighted by molar-refractivity contribution is 0.0914. The first-order valence-electron chi connectivity index (χ1n) is 7.80. The van der Waals surface area contributed by atoms with E-state index in [1.165, 1.54) is 0 Å². The van der Waals surface area contributed by atoms with Gasteiger partial charge < -0.3 is 19.2 Å². The molecule has 0 saturated heterocycles. The molecule has 0 saturated carbocycles. The number of furan rings is 1. The quantitative estimate of drug-likeness (QED) is 0.719.